The molecule has 0 bridgehead atoms. The maximum Gasteiger partial charge on any atom is 0.220 e. The van der Waals surface area contributed by atoms with Crippen molar-refractivity contribution in [1.29, 1.82) is 0 Å². The average Bonchev–Trinajstić information content (AvgIpc) is 2.78. The van der Waals surface area contributed by atoms with Crippen molar-refractivity contribution in [2.24, 2.45) is 5.92 Å². The number of nitrogens with zero attached hydrogens (tertiary/aromatic N) is 1. The fraction of sp³-hybridized carbons (Fsp3) is 0.458. The molecular weight excluding hydrogens is 416 g/mol. The zero-order valence-electron chi connectivity index (χ0n) is 18.2. The molecule has 1 aliphatic rings. The number of carbonyl (C=O) groups is 1. The van der Waals surface area contributed by atoms with Gasteiger partial charge in [-0.2, -0.15) is 0 Å². The number of hydrogen-bond acceptors (Lipinski definition) is 5. The summed E-state index contributed by atoms with van der Waals surface area (Å²) in [6, 6.07) is 10.7. The summed E-state index contributed by atoms with van der Waals surface area (Å²) in [5, 5.41) is 13.7. The first-order valence-corrected chi connectivity index (χ1v) is 11.0. The Balaban J connectivity index is 1.45. The first-order valence-electron chi connectivity index (χ1n) is 10.7. The number of amides is 1. The van der Waals surface area contributed by atoms with Gasteiger partial charge < -0.3 is 19.9 Å². The molecule has 0 saturated carbocycles. The van der Waals surface area contributed by atoms with Crippen LogP contribution in [0.3, 0.4) is 0 Å². The highest BCUT2D eigenvalue weighted by atomic mass is 35.5. The average molecular weight is 447 g/mol. The number of ether oxygens (including phenoxy) is 2. The Morgan fingerprint density at radius 3 is 2.81 bits per heavy atom. The molecule has 0 radical (unpaired) electrons. The van der Waals surface area contributed by atoms with Gasteiger partial charge in [-0.15, -0.1) is 0 Å². The van der Waals surface area contributed by atoms with Crippen molar-refractivity contribution in [3.05, 3.63) is 52.5 Å². The summed E-state index contributed by atoms with van der Waals surface area (Å²) in [6.07, 6.45) is 3.57. The summed E-state index contributed by atoms with van der Waals surface area (Å²) < 4.78 is 10.6. The summed E-state index contributed by atoms with van der Waals surface area (Å²) in [7, 11) is 3.22. The van der Waals surface area contributed by atoms with E-state index in [-0.39, 0.29) is 11.7 Å². The van der Waals surface area contributed by atoms with Crippen LogP contribution in [0.4, 0.5) is 0 Å². The van der Waals surface area contributed by atoms with Gasteiger partial charge in [-0.25, -0.2) is 0 Å². The number of methoxy groups -OCH3 is 2. The van der Waals surface area contributed by atoms with Gasteiger partial charge in [-0.3, -0.25) is 9.69 Å². The maximum absolute atomic E-state index is 12.4. The highest BCUT2D eigenvalue weighted by molar-refractivity contribution is 6.30. The number of hydrogen-bond donors (Lipinski definition) is 2. The standard InChI is InChI=1S/C24H31ClN2O4/c1-30-21-8-6-18(23(13-21)31-2)14-26-24(29)10-5-17-4-3-11-27(15-17)16-19-12-20(25)7-9-22(19)28/h6-9,12-13,17,28H,3-5,10-11,14-16H2,1-2H3,(H,26,29)/t17-/m0/s1. The van der Waals surface area contributed by atoms with Gasteiger partial charge in [0.05, 0.1) is 14.2 Å². The van der Waals surface area contributed by atoms with E-state index in [0.29, 0.717) is 36.2 Å². The van der Waals surface area contributed by atoms with Crippen molar-refractivity contribution in [2.45, 2.75) is 38.8 Å². The minimum atomic E-state index is 0.0440. The first-order chi connectivity index (χ1) is 15.0. The molecule has 1 amide bonds. The number of aromatic hydroxyl groups is 1. The molecule has 6 nitrogen and oxygen atoms in total. The van der Waals surface area contributed by atoms with Gasteiger partial charge in [0, 0.05) is 48.3 Å². The third kappa shape index (κ3) is 6.77. The lowest BCUT2D eigenvalue weighted by Crippen LogP contribution is -2.35. The predicted molar refractivity (Wildman–Crippen MR) is 122 cm³/mol. The fourth-order valence-corrected chi connectivity index (χ4v) is 4.26. The van der Waals surface area contributed by atoms with E-state index in [9.17, 15) is 9.90 Å². The van der Waals surface area contributed by atoms with E-state index < -0.39 is 0 Å². The molecule has 2 N–H and O–H groups in total. The minimum Gasteiger partial charge on any atom is -0.508 e. The largest absolute Gasteiger partial charge is 0.508 e. The minimum absolute atomic E-state index is 0.0440. The van der Waals surface area contributed by atoms with Crippen molar-refractivity contribution in [2.75, 3.05) is 27.3 Å². The van der Waals surface area contributed by atoms with E-state index in [1.165, 1.54) is 0 Å². The van der Waals surface area contributed by atoms with E-state index in [1.54, 1.807) is 26.4 Å². The second kappa shape index (κ2) is 11.3. The quantitative estimate of drug-likeness (QED) is 0.598. The van der Waals surface area contributed by atoms with Crippen LogP contribution < -0.4 is 14.8 Å². The maximum atomic E-state index is 12.4. The Bertz CT molecular complexity index is 890. The van der Waals surface area contributed by atoms with Crippen LogP contribution in [-0.2, 0) is 17.9 Å². The monoisotopic (exact) mass is 446 g/mol. The van der Waals surface area contributed by atoms with Crippen molar-refractivity contribution in [1.82, 2.24) is 10.2 Å². The Kier molecular flexibility index (Phi) is 8.43. The van der Waals surface area contributed by atoms with Crippen LogP contribution in [-0.4, -0.2) is 43.2 Å². The zero-order chi connectivity index (χ0) is 22.2. The van der Waals surface area contributed by atoms with Crippen LogP contribution in [0.5, 0.6) is 17.2 Å². The summed E-state index contributed by atoms with van der Waals surface area (Å²) >= 11 is 6.07. The molecule has 7 heteroatoms. The summed E-state index contributed by atoms with van der Waals surface area (Å²) in [4.78, 5) is 14.7. The Morgan fingerprint density at radius 2 is 2.03 bits per heavy atom. The summed E-state index contributed by atoms with van der Waals surface area (Å²) in [5.74, 6) is 2.21. The third-order valence-corrected chi connectivity index (χ3v) is 6.02. The molecule has 3 rings (SSSR count). The lowest BCUT2D eigenvalue weighted by molar-refractivity contribution is -0.121. The van der Waals surface area contributed by atoms with Gasteiger partial charge in [-0.1, -0.05) is 11.6 Å². The first kappa shape index (κ1) is 23.2. The normalized spacial score (nSPS) is 16.7. The number of rotatable bonds is 9. The van der Waals surface area contributed by atoms with Crippen LogP contribution in [0.2, 0.25) is 5.02 Å². The van der Waals surface area contributed by atoms with Crippen molar-refractivity contribution < 1.29 is 19.4 Å². The van der Waals surface area contributed by atoms with Gasteiger partial charge in [-0.05, 0) is 62.1 Å². The molecule has 1 heterocycles. The Morgan fingerprint density at radius 1 is 1.19 bits per heavy atom. The lowest BCUT2D eigenvalue weighted by atomic mass is 9.93. The van der Waals surface area contributed by atoms with Gasteiger partial charge in [0.1, 0.15) is 17.2 Å². The fourth-order valence-electron chi connectivity index (χ4n) is 4.07. The number of carbonyl (C=O) groups excluding carboxylic acids is 1. The Hall–Kier alpha value is -2.44. The molecular formula is C24H31ClN2O4. The van der Waals surface area contributed by atoms with Crippen LogP contribution >= 0.6 is 11.6 Å². The second-order valence-electron chi connectivity index (χ2n) is 8.01. The molecule has 0 unspecified atom stereocenters. The van der Waals surface area contributed by atoms with Crippen LogP contribution in [0.15, 0.2) is 36.4 Å². The predicted octanol–water partition coefficient (Wildman–Crippen LogP) is 4.37. The van der Waals surface area contributed by atoms with Crippen molar-refractivity contribution in [3.63, 3.8) is 0 Å². The molecule has 0 aliphatic carbocycles. The van der Waals surface area contributed by atoms with Gasteiger partial charge in [0.25, 0.3) is 0 Å². The number of phenols is 1. The lowest BCUT2D eigenvalue weighted by Gasteiger charge is -2.33. The highest BCUT2D eigenvalue weighted by Gasteiger charge is 2.21. The number of benzene rings is 2. The second-order valence-corrected chi connectivity index (χ2v) is 8.45. The van der Waals surface area contributed by atoms with Crippen molar-refractivity contribution in [3.8, 4) is 17.2 Å². The van der Waals surface area contributed by atoms with Crippen LogP contribution in [0, 0.1) is 5.92 Å². The van der Waals surface area contributed by atoms with E-state index in [1.807, 2.05) is 24.3 Å². The van der Waals surface area contributed by atoms with Crippen molar-refractivity contribution >= 4 is 17.5 Å². The zero-order valence-corrected chi connectivity index (χ0v) is 19.0. The summed E-state index contributed by atoms with van der Waals surface area (Å²) in [6.45, 7) is 3.01. The molecule has 0 aromatic heterocycles. The molecule has 1 atom stereocenters. The topological polar surface area (TPSA) is 71.0 Å². The SMILES string of the molecule is COc1ccc(CNC(=O)CC[C@@H]2CCCN(Cc3cc(Cl)ccc3O)C2)c(OC)c1. The van der Waals surface area contributed by atoms with E-state index in [2.05, 4.69) is 10.2 Å². The number of piperidine rings is 1. The molecule has 1 fully saturated rings. The third-order valence-electron chi connectivity index (χ3n) is 5.79. The number of likely N-dealkylation sites (tertiary alicyclic amines) is 1. The van der Waals surface area contributed by atoms with Crippen LogP contribution in [0.1, 0.15) is 36.8 Å². The molecule has 2 aromatic rings. The summed E-state index contributed by atoms with van der Waals surface area (Å²) in [5.41, 5.74) is 1.76. The van der Waals surface area contributed by atoms with Gasteiger partial charge in [0.2, 0.25) is 5.91 Å². The van der Waals surface area contributed by atoms with E-state index in [0.717, 1.165) is 49.2 Å². The number of halogens is 1. The molecule has 1 saturated heterocycles. The van der Waals surface area contributed by atoms with E-state index >= 15 is 0 Å². The number of phenolic OH excluding ortho intramolecular Hbond substituents is 1. The van der Waals surface area contributed by atoms with E-state index in [4.69, 9.17) is 21.1 Å². The van der Waals surface area contributed by atoms with Gasteiger partial charge in [0.15, 0.2) is 0 Å². The Labute approximate surface area is 189 Å². The molecule has 1 aliphatic heterocycles. The molecule has 168 valence electrons. The molecule has 31 heavy (non-hydrogen) atoms. The highest BCUT2D eigenvalue weighted by Crippen LogP contribution is 2.27. The van der Waals surface area contributed by atoms with Crippen LogP contribution in [0.25, 0.3) is 0 Å². The smallest absolute Gasteiger partial charge is 0.220 e. The molecule has 2 aromatic carbocycles. The van der Waals surface area contributed by atoms with Gasteiger partial charge >= 0.3 is 0 Å². The molecule has 0 spiro atoms. The number of nitrogens with one attached hydrogen (secondary N) is 1.